The second-order valence-electron chi connectivity index (χ2n) is 9.40. The quantitative estimate of drug-likeness (QED) is 0.778. The van der Waals surface area contributed by atoms with Crippen LogP contribution >= 0.6 is 0 Å². The predicted octanol–water partition coefficient (Wildman–Crippen LogP) is 3.52. The minimum atomic E-state index is -0.595. The Balaban J connectivity index is 1.76. The fraction of sp³-hybridized carbons (Fsp3) is 0.400. The molecule has 1 atom stereocenters. The number of anilines is 1. The Kier molecular flexibility index (Phi) is 4.90. The van der Waals surface area contributed by atoms with Gasteiger partial charge in [-0.15, -0.1) is 0 Å². The van der Waals surface area contributed by atoms with Crippen LogP contribution in [0.5, 0.6) is 0 Å². The molecule has 164 valence electrons. The van der Waals surface area contributed by atoms with Gasteiger partial charge in [-0.2, -0.15) is 5.26 Å². The van der Waals surface area contributed by atoms with Gasteiger partial charge in [0.15, 0.2) is 5.78 Å². The fourth-order valence-corrected chi connectivity index (χ4v) is 4.96. The average molecular weight is 431 g/mol. The summed E-state index contributed by atoms with van der Waals surface area (Å²) in [6.07, 6.45) is 0.996. The highest BCUT2D eigenvalue weighted by molar-refractivity contribution is 6.00. The van der Waals surface area contributed by atoms with Crippen molar-refractivity contribution >= 4 is 22.5 Å². The number of nitrogens with two attached hydrogens (primary N) is 1. The number of rotatable bonds is 2. The van der Waals surface area contributed by atoms with Gasteiger partial charge in [0.1, 0.15) is 23.2 Å². The van der Waals surface area contributed by atoms with Crippen LogP contribution in [0, 0.1) is 16.7 Å². The molecule has 0 bridgehead atoms. The lowest BCUT2D eigenvalue weighted by Gasteiger charge is -2.38. The van der Waals surface area contributed by atoms with Gasteiger partial charge in [0.2, 0.25) is 5.88 Å². The zero-order valence-corrected chi connectivity index (χ0v) is 18.4. The molecule has 2 aliphatic heterocycles. The number of ether oxygens (including phenoxy) is 2. The van der Waals surface area contributed by atoms with Crippen LogP contribution in [-0.2, 0) is 14.3 Å². The van der Waals surface area contributed by atoms with E-state index in [0.717, 1.165) is 22.3 Å². The van der Waals surface area contributed by atoms with Crippen LogP contribution in [0.25, 0.3) is 10.9 Å². The maximum Gasteiger partial charge on any atom is 0.205 e. The minimum Gasteiger partial charge on any atom is -0.444 e. The Labute approximate surface area is 187 Å². The summed E-state index contributed by atoms with van der Waals surface area (Å²) in [6.45, 7) is 6.68. The van der Waals surface area contributed by atoms with E-state index in [4.69, 9.17) is 20.2 Å². The van der Waals surface area contributed by atoms with Crippen molar-refractivity contribution in [1.29, 1.82) is 5.26 Å². The van der Waals surface area contributed by atoms with E-state index in [1.54, 1.807) is 0 Å². The van der Waals surface area contributed by atoms with Gasteiger partial charge >= 0.3 is 0 Å². The van der Waals surface area contributed by atoms with Crippen LogP contribution in [0.4, 0.5) is 5.82 Å². The number of nitriles is 1. The number of carbonyl (C=O) groups excluding carboxylic acids is 1. The Hall–Kier alpha value is -3.37. The van der Waals surface area contributed by atoms with Crippen LogP contribution in [0.1, 0.15) is 38.2 Å². The van der Waals surface area contributed by atoms with Gasteiger partial charge in [0, 0.05) is 42.5 Å². The van der Waals surface area contributed by atoms with Gasteiger partial charge in [-0.3, -0.25) is 4.79 Å². The van der Waals surface area contributed by atoms with Crippen molar-refractivity contribution in [3.8, 4) is 6.07 Å². The highest BCUT2D eigenvalue weighted by atomic mass is 16.5. The Morgan fingerprint density at radius 3 is 2.72 bits per heavy atom. The van der Waals surface area contributed by atoms with Gasteiger partial charge in [-0.05, 0) is 17.5 Å². The topological polar surface area (TPSA) is 101 Å². The first-order chi connectivity index (χ1) is 15.4. The molecule has 5 rings (SSSR count). The first-order valence-corrected chi connectivity index (χ1v) is 10.9. The highest BCUT2D eigenvalue weighted by Gasteiger charge is 2.44. The Morgan fingerprint density at radius 1 is 1.22 bits per heavy atom. The van der Waals surface area contributed by atoms with Gasteiger partial charge < -0.3 is 20.1 Å². The molecule has 0 amide bonds. The van der Waals surface area contributed by atoms with Crippen molar-refractivity contribution in [2.75, 3.05) is 31.2 Å². The number of Topliss-reactive ketones (excluding diaryl/α,β-unsaturated/α-hetero) is 1. The van der Waals surface area contributed by atoms with E-state index in [9.17, 15) is 10.1 Å². The van der Waals surface area contributed by atoms with E-state index in [1.165, 1.54) is 0 Å². The van der Waals surface area contributed by atoms with E-state index in [0.29, 0.717) is 50.5 Å². The summed E-state index contributed by atoms with van der Waals surface area (Å²) >= 11 is 0. The number of nitrogens with zero attached hydrogens (tertiary/aromatic N) is 3. The fourth-order valence-electron chi connectivity index (χ4n) is 4.96. The number of ketones is 1. The standard InChI is InChI=1S/C25H26N4O3/c1-25(2)12-19(30)22-20(13-25)32-23(27)17(14-26)21(22)16-11-15-5-3-4-6-18(15)28-24(16)29-7-9-31-10-8-29/h3-6,11,21H,7-10,12-13,27H2,1-2H3. The molecular weight excluding hydrogens is 404 g/mol. The molecular formula is C25H26N4O3. The molecule has 1 unspecified atom stereocenters. The highest BCUT2D eigenvalue weighted by Crippen LogP contribution is 2.49. The van der Waals surface area contributed by atoms with E-state index in [2.05, 4.69) is 11.0 Å². The molecule has 0 spiro atoms. The van der Waals surface area contributed by atoms with Crippen LogP contribution in [-0.4, -0.2) is 37.1 Å². The van der Waals surface area contributed by atoms with Gasteiger partial charge in [0.25, 0.3) is 0 Å². The molecule has 32 heavy (non-hydrogen) atoms. The number of para-hydroxylation sites is 1. The van der Waals surface area contributed by atoms with E-state index in [1.807, 2.05) is 44.2 Å². The number of allylic oxidation sites excluding steroid dienone is 3. The van der Waals surface area contributed by atoms with Crippen LogP contribution in [0.3, 0.4) is 0 Å². The molecule has 1 aliphatic carbocycles. The summed E-state index contributed by atoms with van der Waals surface area (Å²) in [5, 5.41) is 11.0. The number of aromatic nitrogens is 1. The van der Waals surface area contributed by atoms with E-state index < -0.39 is 5.92 Å². The molecule has 7 nitrogen and oxygen atoms in total. The molecule has 7 heteroatoms. The third-order valence-electron chi connectivity index (χ3n) is 6.43. The molecule has 1 fully saturated rings. The number of fused-ring (bicyclic) bond motifs is 1. The summed E-state index contributed by atoms with van der Waals surface area (Å²) in [7, 11) is 0. The number of hydrogen-bond donors (Lipinski definition) is 1. The lowest BCUT2D eigenvalue weighted by Crippen LogP contribution is -2.38. The summed E-state index contributed by atoms with van der Waals surface area (Å²) in [5.74, 6) is 0.825. The second-order valence-corrected chi connectivity index (χ2v) is 9.40. The SMILES string of the molecule is CC1(C)CC(=O)C2=C(C1)OC(N)=C(C#N)C2c1cc2ccccc2nc1N1CCOCC1. The molecule has 3 heterocycles. The monoisotopic (exact) mass is 430 g/mol. The lowest BCUT2D eigenvalue weighted by atomic mass is 9.70. The molecule has 2 N–H and O–H groups in total. The second kappa shape index (κ2) is 7.64. The summed E-state index contributed by atoms with van der Waals surface area (Å²) in [5.41, 5.74) is 8.50. The van der Waals surface area contributed by atoms with Crippen LogP contribution in [0.2, 0.25) is 0 Å². The molecule has 3 aliphatic rings. The normalized spacial score (nSPS) is 23.1. The number of morpholine rings is 1. The van der Waals surface area contributed by atoms with E-state index in [-0.39, 0.29) is 22.7 Å². The molecule has 0 saturated carbocycles. The number of pyridine rings is 1. The molecule has 0 radical (unpaired) electrons. The lowest BCUT2D eigenvalue weighted by molar-refractivity contribution is -0.119. The third kappa shape index (κ3) is 3.41. The molecule has 1 saturated heterocycles. The Morgan fingerprint density at radius 2 is 1.97 bits per heavy atom. The minimum absolute atomic E-state index is 0.00239. The van der Waals surface area contributed by atoms with Gasteiger partial charge in [-0.1, -0.05) is 32.0 Å². The third-order valence-corrected chi connectivity index (χ3v) is 6.43. The number of benzene rings is 1. The number of hydrogen-bond acceptors (Lipinski definition) is 7. The van der Waals surface area contributed by atoms with Crippen molar-refractivity contribution in [1.82, 2.24) is 4.98 Å². The zero-order chi connectivity index (χ0) is 22.5. The Bertz CT molecular complexity index is 1220. The van der Waals surface area contributed by atoms with Crippen LogP contribution in [0.15, 0.2) is 53.1 Å². The van der Waals surface area contributed by atoms with Crippen molar-refractivity contribution in [2.45, 2.75) is 32.6 Å². The molecule has 2 aromatic rings. The smallest absolute Gasteiger partial charge is 0.205 e. The van der Waals surface area contributed by atoms with Gasteiger partial charge in [-0.25, -0.2) is 4.98 Å². The van der Waals surface area contributed by atoms with Crippen molar-refractivity contribution in [3.63, 3.8) is 0 Å². The van der Waals surface area contributed by atoms with E-state index >= 15 is 0 Å². The molecule has 1 aromatic heterocycles. The first kappa shape index (κ1) is 20.5. The number of carbonyl (C=O) groups is 1. The first-order valence-electron chi connectivity index (χ1n) is 10.9. The predicted molar refractivity (Wildman–Crippen MR) is 120 cm³/mol. The zero-order valence-electron chi connectivity index (χ0n) is 18.4. The van der Waals surface area contributed by atoms with Gasteiger partial charge in [0.05, 0.1) is 24.6 Å². The maximum absolute atomic E-state index is 13.4. The summed E-state index contributed by atoms with van der Waals surface area (Å²) in [6, 6.07) is 12.2. The maximum atomic E-state index is 13.4. The summed E-state index contributed by atoms with van der Waals surface area (Å²) in [4.78, 5) is 20.5. The largest absolute Gasteiger partial charge is 0.444 e. The van der Waals surface area contributed by atoms with Crippen molar-refractivity contribution < 1.29 is 14.3 Å². The van der Waals surface area contributed by atoms with Crippen molar-refractivity contribution in [3.05, 3.63) is 58.7 Å². The average Bonchev–Trinajstić information content (AvgIpc) is 2.77. The van der Waals surface area contributed by atoms with Crippen molar-refractivity contribution in [2.24, 2.45) is 11.1 Å². The summed E-state index contributed by atoms with van der Waals surface area (Å²) < 4.78 is 11.4. The van der Waals surface area contributed by atoms with Crippen LogP contribution < -0.4 is 10.6 Å². The molecule has 1 aromatic carbocycles.